The number of amides is 2. The Hall–Kier alpha value is -2.61. The molecule has 0 unspecified atom stereocenters. The van der Waals surface area contributed by atoms with E-state index in [1.165, 1.54) is 11.3 Å². The predicted octanol–water partition coefficient (Wildman–Crippen LogP) is 1.52. The van der Waals surface area contributed by atoms with Gasteiger partial charge in [0.25, 0.3) is 5.91 Å². The van der Waals surface area contributed by atoms with E-state index in [1.54, 1.807) is 13.1 Å². The molecule has 7 nitrogen and oxygen atoms in total. The fourth-order valence-electron chi connectivity index (χ4n) is 2.47. The van der Waals surface area contributed by atoms with Gasteiger partial charge >= 0.3 is 0 Å². The van der Waals surface area contributed by atoms with Gasteiger partial charge in [-0.1, -0.05) is 23.5 Å². The Labute approximate surface area is 136 Å². The summed E-state index contributed by atoms with van der Waals surface area (Å²) in [5.41, 5.74) is 6.03. The van der Waals surface area contributed by atoms with Crippen LogP contribution in [0.3, 0.4) is 0 Å². The van der Waals surface area contributed by atoms with Crippen molar-refractivity contribution in [3.8, 4) is 5.75 Å². The maximum absolute atomic E-state index is 11.9. The zero-order valence-electron chi connectivity index (χ0n) is 12.5. The molecule has 0 saturated carbocycles. The highest BCUT2D eigenvalue weighted by Gasteiger charge is 2.30. The van der Waals surface area contributed by atoms with Crippen LogP contribution in [-0.2, 0) is 9.59 Å². The first-order valence-corrected chi connectivity index (χ1v) is 7.88. The quantitative estimate of drug-likeness (QED) is 0.770. The molecule has 4 N–H and O–H groups in total. The lowest BCUT2D eigenvalue weighted by Gasteiger charge is -2.22. The molecule has 1 aliphatic heterocycles. The van der Waals surface area contributed by atoms with Crippen molar-refractivity contribution in [2.45, 2.75) is 12.3 Å². The third kappa shape index (κ3) is 3.26. The monoisotopic (exact) mass is 332 g/mol. The van der Waals surface area contributed by atoms with Crippen LogP contribution in [0.1, 0.15) is 22.8 Å². The lowest BCUT2D eigenvalue weighted by Crippen LogP contribution is -2.23. The van der Waals surface area contributed by atoms with Gasteiger partial charge in [0.1, 0.15) is 11.6 Å². The number of benzene rings is 1. The van der Waals surface area contributed by atoms with Gasteiger partial charge in [-0.05, 0) is 17.7 Å². The number of primary amides is 1. The Bertz CT molecular complexity index is 759. The van der Waals surface area contributed by atoms with Gasteiger partial charge in [0.15, 0.2) is 11.7 Å². The SMILES string of the molecule is CNc1nc2c(s1)[C@H](c1cccc(OCC(N)=O)c1)CC(=O)N2. The Morgan fingerprint density at radius 1 is 1.57 bits per heavy atom. The maximum atomic E-state index is 11.9. The molecule has 1 aromatic heterocycles. The molecule has 1 atom stereocenters. The number of hydrogen-bond acceptors (Lipinski definition) is 6. The predicted molar refractivity (Wildman–Crippen MR) is 87.9 cm³/mol. The Morgan fingerprint density at radius 3 is 3.13 bits per heavy atom. The molecule has 23 heavy (non-hydrogen) atoms. The number of nitrogens with one attached hydrogen (secondary N) is 2. The number of thiazole rings is 1. The summed E-state index contributed by atoms with van der Waals surface area (Å²) < 4.78 is 5.34. The first-order chi connectivity index (χ1) is 11.1. The standard InChI is InChI=1S/C15H16N4O3S/c1-17-15-19-14-13(23-15)10(6-12(21)18-14)8-3-2-4-9(5-8)22-7-11(16)20/h2-5,10H,6-7H2,1H3,(H2,16,20)(H,17,19)(H,18,21)/t10-/m0/s1. The number of carbonyl (C=O) groups excluding carboxylic acids is 2. The van der Waals surface area contributed by atoms with Crippen molar-refractivity contribution in [3.05, 3.63) is 34.7 Å². The van der Waals surface area contributed by atoms with E-state index in [4.69, 9.17) is 10.5 Å². The minimum atomic E-state index is -0.532. The van der Waals surface area contributed by atoms with Gasteiger partial charge in [-0.15, -0.1) is 0 Å². The van der Waals surface area contributed by atoms with E-state index in [0.717, 1.165) is 15.6 Å². The second-order valence-electron chi connectivity index (χ2n) is 5.11. The molecule has 8 heteroatoms. The van der Waals surface area contributed by atoms with Gasteiger partial charge in [-0.25, -0.2) is 4.98 Å². The van der Waals surface area contributed by atoms with Crippen LogP contribution in [0.2, 0.25) is 0 Å². The molecule has 2 heterocycles. The van der Waals surface area contributed by atoms with Crippen molar-refractivity contribution in [1.82, 2.24) is 4.98 Å². The van der Waals surface area contributed by atoms with Crippen molar-refractivity contribution in [2.75, 3.05) is 24.3 Å². The summed E-state index contributed by atoms with van der Waals surface area (Å²) in [4.78, 5) is 28.1. The molecular weight excluding hydrogens is 316 g/mol. The van der Waals surface area contributed by atoms with Crippen molar-refractivity contribution in [2.24, 2.45) is 5.73 Å². The van der Waals surface area contributed by atoms with E-state index in [1.807, 2.05) is 18.2 Å². The third-order valence-corrected chi connectivity index (χ3v) is 4.66. The fraction of sp³-hybridized carbons (Fsp3) is 0.267. The Morgan fingerprint density at radius 2 is 2.39 bits per heavy atom. The smallest absolute Gasteiger partial charge is 0.255 e. The molecule has 0 spiro atoms. The minimum absolute atomic E-state index is 0.0705. The van der Waals surface area contributed by atoms with Crippen LogP contribution in [0.4, 0.5) is 10.9 Å². The van der Waals surface area contributed by atoms with Gasteiger partial charge in [0.2, 0.25) is 5.91 Å². The molecular formula is C15H16N4O3S. The molecule has 0 radical (unpaired) electrons. The van der Waals surface area contributed by atoms with Crippen molar-refractivity contribution in [1.29, 1.82) is 0 Å². The van der Waals surface area contributed by atoms with E-state index >= 15 is 0 Å². The number of aromatic nitrogens is 1. The van der Waals surface area contributed by atoms with Gasteiger partial charge in [0.05, 0.1) is 4.88 Å². The lowest BCUT2D eigenvalue weighted by atomic mass is 9.91. The van der Waals surface area contributed by atoms with Crippen molar-refractivity contribution < 1.29 is 14.3 Å². The normalized spacial score (nSPS) is 16.4. The van der Waals surface area contributed by atoms with Crippen LogP contribution in [-0.4, -0.2) is 30.5 Å². The summed E-state index contributed by atoms with van der Waals surface area (Å²) in [5.74, 6) is 0.460. The van der Waals surface area contributed by atoms with Crippen LogP contribution in [0.15, 0.2) is 24.3 Å². The van der Waals surface area contributed by atoms with Gasteiger partial charge in [-0.3, -0.25) is 9.59 Å². The van der Waals surface area contributed by atoms with E-state index in [9.17, 15) is 9.59 Å². The molecule has 2 amide bonds. The molecule has 0 fully saturated rings. The zero-order chi connectivity index (χ0) is 16.4. The highest BCUT2D eigenvalue weighted by Crippen LogP contribution is 2.42. The summed E-state index contributed by atoms with van der Waals surface area (Å²) in [7, 11) is 1.79. The molecule has 0 bridgehead atoms. The van der Waals surface area contributed by atoms with E-state index in [2.05, 4.69) is 15.6 Å². The maximum Gasteiger partial charge on any atom is 0.255 e. The summed E-state index contributed by atoms with van der Waals surface area (Å²) in [6.45, 7) is -0.176. The zero-order valence-corrected chi connectivity index (χ0v) is 13.3. The number of fused-ring (bicyclic) bond motifs is 1. The number of anilines is 2. The Kier molecular flexibility index (Phi) is 4.16. The van der Waals surface area contributed by atoms with Crippen LogP contribution in [0.5, 0.6) is 5.75 Å². The number of nitrogens with two attached hydrogens (primary N) is 1. The molecule has 1 aromatic carbocycles. The Balaban J connectivity index is 1.92. The minimum Gasteiger partial charge on any atom is -0.484 e. The molecule has 3 rings (SSSR count). The van der Waals surface area contributed by atoms with Crippen LogP contribution in [0, 0.1) is 0 Å². The third-order valence-electron chi connectivity index (χ3n) is 3.47. The lowest BCUT2D eigenvalue weighted by molar-refractivity contribution is -0.120. The van der Waals surface area contributed by atoms with Gasteiger partial charge < -0.3 is 21.1 Å². The van der Waals surface area contributed by atoms with Crippen LogP contribution in [0.25, 0.3) is 0 Å². The molecule has 2 aromatic rings. The number of nitrogens with zero attached hydrogens (tertiary/aromatic N) is 1. The second kappa shape index (κ2) is 6.25. The average molecular weight is 332 g/mol. The van der Waals surface area contributed by atoms with E-state index in [0.29, 0.717) is 18.0 Å². The number of rotatable bonds is 5. The largest absolute Gasteiger partial charge is 0.484 e. The van der Waals surface area contributed by atoms with Crippen LogP contribution < -0.4 is 21.1 Å². The highest BCUT2D eigenvalue weighted by atomic mass is 32.1. The van der Waals surface area contributed by atoms with Gasteiger partial charge in [0, 0.05) is 19.4 Å². The number of carbonyl (C=O) groups is 2. The molecule has 0 aliphatic carbocycles. The first-order valence-electron chi connectivity index (χ1n) is 7.06. The summed E-state index contributed by atoms with van der Waals surface area (Å²) >= 11 is 1.51. The summed E-state index contributed by atoms with van der Waals surface area (Å²) in [6, 6.07) is 7.34. The number of ether oxygens (including phenoxy) is 1. The molecule has 1 aliphatic rings. The average Bonchev–Trinajstić information content (AvgIpc) is 2.95. The summed E-state index contributed by atoms with van der Waals surface area (Å²) in [5, 5.41) is 6.55. The van der Waals surface area contributed by atoms with Gasteiger partial charge in [-0.2, -0.15) is 0 Å². The van der Waals surface area contributed by atoms with E-state index in [-0.39, 0.29) is 18.4 Å². The topological polar surface area (TPSA) is 106 Å². The van der Waals surface area contributed by atoms with Crippen molar-refractivity contribution in [3.63, 3.8) is 0 Å². The number of hydrogen-bond donors (Lipinski definition) is 3. The molecule has 0 saturated heterocycles. The van der Waals surface area contributed by atoms with E-state index < -0.39 is 5.91 Å². The molecule has 120 valence electrons. The fourth-order valence-corrected chi connectivity index (χ4v) is 3.47. The summed E-state index contributed by atoms with van der Waals surface area (Å²) in [6.07, 6.45) is 0.345. The first kappa shape index (κ1) is 15.3. The van der Waals surface area contributed by atoms with Crippen molar-refractivity contribution >= 4 is 34.1 Å². The highest BCUT2D eigenvalue weighted by molar-refractivity contribution is 7.16. The second-order valence-corrected chi connectivity index (χ2v) is 6.14. The van der Waals surface area contributed by atoms with Crippen LogP contribution >= 0.6 is 11.3 Å².